The summed E-state index contributed by atoms with van der Waals surface area (Å²) in [5, 5.41) is 1.15. The van der Waals surface area contributed by atoms with Gasteiger partial charge in [0.25, 0.3) is 5.91 Å². The molecule has 0 aliphatic rings. The SMILES string of the molecule is O=C(c1ccccc1)N(CCc1c[nH]c2ccccc12)Cc1ccccc1F. The number of nitrogens with one attached hydrogen (secondary N) is 1. The summed E-state index contributed by atoms with van der Waals surface area (Å²) in [6.07, 6.45) is 2.68. The van der Waals surface area contributed by atoms with E-state index < -0.39 is 0 Å². The molecule has 0 atom stereocenters. The Morgan fingerprint density at radius 2 is 1.57 bits per heavy atom. The van der Waals surface area contributed by atoms with Gasteiger partial charge in [0.1, 0.15) is 5.82 Å². The number of para-hydroxylation sites is 1. The summed E-state index contributed by atoms with van der Waals surface area (Å²) in [4.78, 5) is 18.1. The van der Waals surface area contributed by atoms with Gasteiger partial charge in [0.15, 0.2) is 0 Å². The van der Waals surface area contributed by atoms with E-state index in [9.17, 15) is 9.18 Å². The van der Waals surface area contributed by atoms with E-state index in [1.165, 1.54) is 6.07 Å². The number of fused-ring (bicyclic) bond motifs is 1. The quantitative estimate of drug-likeness (QED) is 0.497. The van der Waals surface area contributed by atoms with Crippen LogP contribution in [0.15, 0.2) is 85.1 Å². The lowest BCUT2D eigenvalue weighted by atomic mass is 10.1. The minimum absolute atomic E-state index is 0.0938. The van der Waals surface area contributed by atoms with Crippen LogP contribution in [0.25, 0.3) is 10.9 Å². The fourth-order valence-electron chi connectivity index (χ4n) is 3.44. The normalized spacial score (nSPS) is 10.9. The molecule has 1 aromatic heterocycles. The van der Waals surface area contributed by atoms with Gasteiger partial charge in [0.2, 0.25) is 0 Å². The van der Waals surface area contributed by atoms with Crippen molar-refractivity contribution in [3.05, 3.63) is 108 Å². The van der Waals surface area contributed by atoms with Crippen LogP contribution in [0.5, 0.6) is 0 Å². The molecule has 3 aromatic carbocycles. The molecule has 0 radical (unpaired) electrons. The Morgan fingerprint density at radius 1 is 0.857 bits per heavy atom. The summed E-state index contributed by atoms with van der Waals surface area (Å²) >= 11 is 0. The number of hydrogen-bond acceptors (Lipinski definition) is 1. The highest BCUT2D eigenvalue weighted by Gasteiger charge is 2.18. The summed E-state index contributed by atoms with van der Waals surface area (Å²) in [6, 6.07) is 23.9. The molecule has 28 heavy (non-hydrogen) atoms. The van der Waals surface area contributed by atoms with Crippen LogP contribution in [0.1, 0.15) is 21.5 Å². The molecule has 0 unspecified atom stereocenters. The lowest BCUT2D eigenvalue weighted by molar-refractivity contribution is 0.0743. The number of halogens is 1. The predicted octanol–water partition coefficient (Wildman–Crippen LogP) is 5.19. The Kier molecular flexibility index (Phi) is 5.20. The smallest absolute Gasteiger partial charge is 0.254 e. The second-order valence-corrected chi connectivity index (χ2v) is 6.79. The standard InChI is InChI=1S/C24H21FN2O/c25-22-12-6-4-10-20(22)17-27(24(28)18-8-2-1-3-9-18)15-14-19-16-26-23-13-7-5-11-21(19)23/h1-13,16,26H,14-15,17H2. The van der Waals surface area contributed by atoms with E-state index in [4.69, 9.17) is 0 Å². The highest BCUT2D eigenvalue weighted by molar-refractivity contribution is 5.94. The summed E-state index contributed by atoms with van der Waals surface area (Å²) in [5.41, 5.74) is 3.35. The number of rotatable bonds is 6. The number of benzene rings is 3. The van der Waals surface area contributed by atoms with Crippen LogP contribution in [-0.2, 0) is 13.0 Å². The molecule has 4 heteroatoms. The minimum atomic E-state index is -0.291. The zero-order valence-electron chi connectivity index (χ0n) is 15.4. The van der Waals surface area contributed by atoms with E-state index >= 15 is 0 Å². The summed E-state index contributed by atoms with van der Waals surface area (Å²) in [6.45, 7) is 0.743. The van der Waals surface area contributed by atoms with Gasteiger partial charge in [-0.1, -0.05) is 54.6 Å². The van der Waals surface area contributed by atoms with Crippen molar-refractivity contribution in [2.24, 2.45) is 0 Å². The molecule has 0 fully saturated rings. The molecular weight excluding hydrogens is 351 g/mol. The first-order valence-corrected chi connectivity index (χ1v) is 9.35. The number of H-pyrrole nitrogens is 1. The first kappa shape index (κ1) is 18.0. The largest absolute Gasteiger partial charge is 0.361 e. The molecule has 0 bridgehead atoms. The summed E-state index contributed by atoms with van der Waals surface area (Å²) in [5.74, 6) is -0.385. The topological polar surface area (TPSA) is 36.1 Å². The lowest BCUT2D eigenvalue weighted by Crippen LogP contribution is -2.32. The summed E-state index contributed by atoms with van der Waals surface area (Å²) in [7, 11) is 0. The van der Waals surface area contributed by atoms with Crippen LogP contribution in [0.3, 0.4) is 0 Å². The second kappa shape index (κ2) is 8.09. The maximum absolute atomic E-state index is 14.2. The van der Waals surface area contributed by atoms with E-state index in [2.05, 4.69) is 11.1 Å². The van der Waals surface area contributed by atoms with Gasteiger partial charge >= 0.3 is 0 Å². The zero-order chi connectivity index (χ0) is 19.3. The van der Waals surface area contributed by atoms with Gasteiger partial charge in [-0.05, 0) is 36.2 Å². The van der Waals surface area contributed by atoms with Crippen molar-refractivity contribution in [2.75, 3.05) is 6.54 Å². The maximum atomic E-state index is 14.2. The Labute approximate surface area is 163 Å². The number of carbonyl (C=O) groups is 1. The Morgan fingerprint density at radius 3 is 2.39 bits per heavy atom. The highest BCUT2D eigenvalue weighted by atomic mass is 19.1. The van der Waals surface area contributed by atoms with E-state index in [0.717, 1.165) is 16.5 Å². The highest BCUT2D eigenvalue weighted by Crippen LogP contribution is 2.20. The summed E-state index contributed by atoms with van der Waals surface area (Å²) < 4.78 is 14.2. The minimum Gasteiger partial charge on any atom is -0.361 e. The number of carbonyl (C=O) groups excluding carboxylic acids is 1. The van der Waals surface area contributed by atoms with Crippen molar-refractivity contribution >= 4 is 16.8 Å². The molecule has 4 rings (SSSR count). The molecule has 1 amide bonds. The van der Waals surface area contributed by atoms with Gasteiger partial charge in [-0.3, -0.25) is 4.79 Å². The third-order valence-corrected chi connectivity index (χ3v) is 4.95. The molecule has 3 nitrogen and oxygen atoms in total. The van der Waals surface area contributed by atoms with Gasteiger partial charge < -0.3 is 9.88 Å². The Bertz CT molecular complexity index is 1090. The number of aromatic amines is 1. The molecule has 0 saturated heterocycles. The maximum Gasteiger partial charge on any atom is 0.254 e. The Balaban J connectivity index is 1.59. The van der Waals surface area contributed by atoms with E-state index in [1.807, 2.05) is 42.6 Å². The number of aromatic nitrogens is 1. The number of nitrogens with zero attached hydrogens (tertiary/aromatic N) is 1. The first-order valence-electron chi connectivity index (χ1n) is 9.35. The average molecular weight is 372 g/mol. The van der Waals surface area contributed by atoms with Gasteiger partial charge in [-0.15, -0.1) is 0 Å². The van der Waals surface area contributed by atoms with Gasteiger partial charge in [0, 0.05) is 41.3 Å². The molecule has 4 aromatic rings. The molecule has 0 saturated carbocycles. The van der Waals surface area contributed by atoms with Crippen molar-refractivity contribution in [3.8, 4) is 0 Å². The van der Waals surface area contributed by atoms with Crippen molar-refractivity contribution in [1.29, 1.82) is 0 Å². The fraction of sp³-hybridized carbons (Fsp3) is 0.125. The fourth-order valence-corrected chi connectivity index (χ4v) is 3.44. The van der Waals surface area contributed by atoms with Crippen molar-refractivity contribution < 1.29 is 9.18 Å². The second-order valence-electron chi connectivity index (χ2n) is 6.79. The molecule has 1 heterocycles. The average Bonchev–Trinajstić information content (AvgIpc) is 3.16. The molecule has 1 N–H and O–H groups in total. The lowest BCUT2D eigenvalue weighted by Gasteiger charge is -2.23. The number of amides is 1. The van der Waals surface area contributed by atoms with E-state index in [1.54, 1.807) is 35.2 Å². The van der Waals surface area contributed by atoms with Crippen LogP contribution >= 0.6 is 0 Å². The monoisotopic (exact) mass is 372 g/mol. The van der Waals surface area contributed by atoms with Crippen LogP contribution < -0.4 is 0 Å². The van der Waals surface area contributed by atoms with Crippen molar-refractivity contribution in [1.82, 2.24) is 9.88 Å². The molecular formula is C24H21FN2O. The van der Waals surface area contributed by atoms with Crippen molar-refractivity contribution in [2.45, 2.75) is 13.0 Å². The first-order chi connectivity index (χ1) is 13.7. The van der Waals surface area contributed by atoms with Gasteiger partial charge in [-0.2, -0.15) is 0 Å². The molecule has 0 aliphatic heterocycles. The molecule has 0 spiro atoms. The van der Waals surface area contributed by atoms with Gasteiger partial charge in [0.05, 0.1) is 0 Å². The third-order valence-electron chi connectivity index (χ3n) is 4.95. The molecule has 140 valence electrons. The van der Waals surface area contributed by atoms with Crippen LogP contribution in [-0.4, -0.2) is 22.3 Å². The van der Waals surface area contributed by atoms with E-state index in [0.29, 0.717) is 24.1 Å². The number of hydrogen-bond donors (Lipinski definition) is 1. The van der Waals surface area contributed by atoms with Crippen molar-refractivity contribution in [3.63, 3.8) is 0 Å². The predicted molar refractivity (Wildman–Crippen MR) is 110 cm³/mol. The van der Waals surface area contributed by atoms with Crippen LogP contribution in [0.4, 0.5) is 4.39 Å². The van der Waals surface area contributed by atoms with Crippen LogP contribution in [0, 0.1) is 5.82 Å². The third kappa shape index (κ3) is 3.81. The molecule has 0 aliphatic carbocycles. The zero-order valence-corrected chi connectivity index (χ0v) is 15.4. The van der Waals surface area contributed by atoms with Crippen LogP contribution in [0.2, 0.25) is 0 Å². The Hall–Kier alpha value is -3.40. The van der Waals surface area contributed by atoms with Gasteiger partial charge in [-0.25, -0.2) is 4.39 Å². The van der Waals surface area contributed by atoms with E-state index in [-0.39, 0.29) is 18.3 Å².